The highest BCUT2D eigenvalue weighted by molar-refractivity contribution is 9.10. The van der Waals surface area contributed by atoms with E-state index in [0.717, 1.165) is 33.1 Å². The van der Waals surface area contributed by atoms with Crippen molar-refractivity contribution < 1.29 is 18.0 Å². The van der Waals surface area contributed by atoms with E-state index in [2.05, 4.69) is 21.2 Å². The second-order valence-electron chi connectivity index (χ2n) is 11.8. The zero-order valence-corrected chi connectivity index (χ0v) is 29.4. The zero-order valence-electron chi connectivity index (χ0n) is 27.0. The lowest BCUT2D eigenvalue weighted by molar-refractivity contribution is -0.140. The molecule has 0 aromatic heterocycles. The van der Waals surface area contributed by atoms with Gasteiger partial charge in [0.05, 0.1) is 10.6 Å². The van der Waals surface area contributed by atoms with Crippen LogP contribution in [0, 0.1) is 20.8 Å². The number of nitrogens with zero attached hydrogens (tertiary/aromatic N) is 2. The number of nitrogens with one attached hydrogen (secondary N) is 1. The summed E-state index contributed by atoms with van der Waals surface area (Å²) in [4.78, 5) is 30.2. The highest BCUT2D eigenvalue weighted by Gasteiger charge is 2.35. The van der Waals surface area contributed by atoms with Crippen LogP contribution in [-0.4, -0.2) is 43.8 Å². The molecule has 2 atom stereocenters. The van der Waals surface area contributed by atoms with E-state index in [0.29, 0.717) is 11.3 Å². The maximum Gasteiger partial charge on any atom is 0.264 e. The summed E-state index contributed by atoms with van der Waals surface area (Å²) < 4.78 is 30.7. The number of hydrogen-bond donors (Lipinski definition) is 1. The van der Waals surface area contributed by atoms with Crippen LogP contribution >= 0.6 is 15.9 Å². The monoisotopic (exact) mass is 703 g/mol. The number of carbonyl (C=O) groups excluding carboxylic acids is 2. The molecule has 0 radical (unpaired) electrons. The molecule has 4 aromatic carbocycles. The average Bonchev–Trinajstić information content (AvgIpc) is 3.04. The molecular formula is C37H42BrN3O4S. The Morgan fingerprint density at radius 3 is 2.09 bits per heavy atom. The first-order valence-corrected chi connectivity index (χ1v) is 17.7. The predicted octanol–water partition coefficient (Wildman–Crippen LogP) is 7.12. The molecule has 9 heteroatoms. The Morgan fingerprint density at radius 1 is 0.826 bits per heavy atom. The topological polar surface area (TPSA) is 86.8 Å². The fourth-order valence-electron chi connectivity index (χ4n) is 5.12. The standard InChI is InChI=1S/C37H42BrN3O4S/c1-6-29(5)39-37(43)35(23-30-10-8-7-9-11-30)40(24-31-16-18-32(38)19-17-31)36(42)25-41(34-22-27(3)12-15-28(34)4)46(44,45)33-20-13-26(2)14-21-33/h7-22,29,35H,6,23-25H2,1-5H3,(H,39,43)/t29-,35-/m0/s1. The van der Waals surface area contributed by atoms with E-state index in [-0.39, 0.29) is 29.8 Å². The summed E-state index contributed by atoms with van der Waals surface area (Å²) in [6.07, 6.45) is 0.985. The van der Waals surface area contributed by atoms with Crippen molar-refractivity contribution in [2.75, 3.05) is 10.8 Å². The van der Waals surface area contributed by atoms with Crippen molar-refractivity contribution in [2.45, 2.75) is 71.0 Å². The molecule has 4 rings (SSSR count). The van der Waals surface area contributed by atoms with E-state index in [1.54, 1.807) is 30.3 Å². The number of amides is 2. The van der Waals surface area contributed by atoms with Gasteiger partial charge in [0.25, 0.3) is 10.0 Å². The maximum atomic E-state index is 14.6. The lowest BCUT2D eigenvalue weighted by atomic mass is 10.0. The van der Waals surface area contributed by atoms with Crippen LogP contribution < -0.4 is 9.62 Å². The lowest BCUT2D eigenvalue weighted by Gasteiger charge is -2.34. The van der Waals surface area contributed by atoms with Crippen LogP contribution in [0.4, 0.5) is 5.69 Å². The van der Waals surface area contributed by atoms with Gasteiger partial charge in [0, 0.05) is 23.5 Å². The van der Waals surface area contributed by atoms with Gasteiger partial charge in [0.2, 0.25) is 11.8 Å². The number of benzene rings is 4. The summed E-state index contributed by atoms with van der Waals surface area (Å²) in [6, 6.07) is 28.2. The van der Waals surface area contributed by atoms with Gasteiger partial charge in [-0.05, 0) is 86.7 Å². The molecule has 1 N–H and O–H groups in total. The summed E-state index contributed by atoms with van der Waals surface area (Å²) in [6.45, 7) is 9.14. The predicted molar refractivity (Wildman–Crippen MR) is 188 cm³/mol. The maximum absolute atomic E-state index is 14.6. The third-order valence-electron chi connectivity index (χ3n) is 8.06. The largest absolute Gasteiger partial charge is 0.352 e. The second-order valence-corrected chi connectivity index (χ2v) is 14.6. The van der Waals surface area contributed by atoms with E-state index >= 15 is 0 Å². The molecule has 0 aliphatic carbocycles. The van der Waals surface area contributed by atoms with Gasteiger partial charge < -0.3 is 10.2 Å². The van der Waals surface area contributed by atoms with Crippen molar-refractivity contribution in [3.8, 4) is 0 Å². The van der Waals surface area contributed by atoms with Gasteiger partial charge in [-0.1, -0.05) is 95.1 Å². The fraction of sp³-hybridized carbons (Fsp3) is 0.297. The first kappa shape index (κ1) is 34.9. The highest BCUT2D eigenvalue weighted by atomic mass is 79.9. The van der Waals surface area contributed by atoms with Crippen molar-refractivity contribution >= 4 is 43.5 Å². The van der Waals surface area contributed by atoms with Crippen molar-refractivity contribution in [1.82, 2.24) is 10.2 Å². The van der Waals surface area contributed by atoms with Crippen molar-refractivity contribution in [3.05, 3.63) is 129 Å². The SMILES string of the molecule is CC[C@H](C)NC(=O)[C@H](Cc1ccccc1)N(Cc1ccc(Br)cc1)C(=O)CN(c1cc(C)ccc1C)S(=O)(=O)c1ccc(C)cc1. The van der Waals surface area contributed by atoms with Gasteiger partial charge >= 0.3 is 0 Å². The molecule has 2 amide bonds. The van der Waals surface area contributed by atoms with Crippen LogP contribution in [0.5, 0.6) is 0 Å². The molecule has 0 aliphatic rings. The third kappa shape index (κ3) is 8.85. The first-order valence-electron chi connectivity index (χ1n) is 15.4. The smallest absolute Gasteiger partial charge is 0.264 e. The average molecular weight is 705 g/mol. The number of hydrogen-bond acceptors (Lipinski definition) is 4. The van der Waals surface area contributed by atoms with Crippen molar-refractivity contribution in [1.29, 1.82) is 0 Å². The Bertz CT molecular complexity index is 1740. The first-order chi connectivity index (χ1) is 21.9. The minimum atomic E-state index is -4.17. The van der Waals surface area contributed by atoms with Crippen molar-refractivity contribution in [3.63, 3.8) is 0 Å². The quantitative estimate of drug-likeness (QED) is 0.161. The summed E-state index contributed by atoms with van der Waals surface area (Å²) >= 11 is 3.47. The van der Waals surface area contributed by atoms with E-state index < -0.39 is 28.5 Å². The van der Waals surface area contributed by atoms with E-state index in [9.17, 15) is 18.0 Å². The minimum absolute atomic E-state index is 0.0848. The van der Waals surface area contributed by atoms with Gasteiger partial charge in [-0.3, -0.25) is 13.9 Å². The molecule has 0 unspecified atom stereocenters. The molecule has 4 aromatic rings. The van der Waals surface area contributed by atoms with Crippen LogP contribution in [-0.2, 0) is 32.6 Å². The molecule has 0 fully saturated rings. The fourth-order valence-corrected chi connectivity index (χ4v) is 6.86. The molecule has 0 saturated carbocycles. The van der Waals surface area contributed by atoms with E-state index in [1.165, 1.54) is 9.21 Å². The van der Waals surface area contributed by atoms with E-state index in [1.807, 2.05) is 101 Å². The Kier molecular flexibility index (Phi) is 11.8. The number of halogens is 1. The summed E-state index contributed by atoms with van der Waals surface area (Å²) in [5, 5.41) is 3.07. The molecule has 0 spiro atoms. The third-order valence-corrected chi connectivity index (χ3v) is 10.4. The van der Waals surface area contributed by atoms with E-state index in [4.69, 9.17) is 0 Å². The number of aryl methyl sites for hydroxylation is 3. The van der Waals surface area contributed by atoms with Crippen LogP contribution in [0.2, 0.25) is 0 Å². The normalized spacial score (nSPS) is 12.7. The molecular weight excluding hydrogens is 662 g/mol. The van der Waals surface area contributed by atoms with Crippen LogP contribution in [0.25, 0.3) is 0 Å². The summed E-state index contributed by atoms with van der Waals surface area (Å²) in [5.41, 5.74) is 4.61. The van der Waals surface area contributed by atoms with Crippen LogP contribution in [0.15, 0.2) is 106 Å². The summed E-state index contributed by atoms with van der Waals surface area (Å²) in [5.74, 6) is -0.775. The Balaban J connectivity index is 1.83. The molecule has 242 valence electrons. The van der Waals surface area contributed by atoms with Gasteiger partial charge in [0.15, 0.2) is 0 Å². The molecule has 0 aliphatic heterocycles. The number of sulfonamides is 1. The molecule has 0 saturated heterocycles. The Labute approximate surface area is 281 Å². The Morgan fingerprint density at radius 2 is 1.46 bits per heavy atom. The van der Waals surface area contributed by atoms with Gasteiger partial charge in [0.1, 0.15) is 12.6 Å². The van der Waals surface area contributed by atoms with Gasteiger partial charge in [-0.2, -0.15) is 0 Å². The highest BCUT2D eigenvalue weighted by Crippen LogP contribution is 2.29. The molecule has 46 heavy (non-hydrogen) atoms. The zero-order chi connectivity index (χ0) is 33.4. The van der Waals surface area contributed by atoms with Crippen LogP contribution in [0.3, 0.4) is 0 Å². The molecule has 0 heterocycles. The molecule has 0 bridgehead atoms. The lowest BCUT2D eigenvalue weighted by Crippen LogP contribution is -2.54. The van der Waals surface area contributed by atoms with Gasteiger partial charge in [-0.25, -0.2) is 8.42 Å². The van der Waals surface area contributed by atoms with Gasteiger partial charge in [-0.15, -0.1) is 0 Å². The Hall–Kier alpha value is -3.95. The second kappa shape index (κ2) is 15.6. The minimum Gasteiger partial charge on any atom is -0.352 e. The number of carbonyl (C=O) groups is 2. The number of rotatable bonds is 13. The summed E-state index contributed by atoms with van der Waals surface area (Å²) in [7, 11) is -4.17. The van der Waals surface area contributed by atoms with Crippen molar-refractivity contribution in [2.24, 2.45) is 0 Å². The van der Waals surface area contributed by atoms with Crippen LogP contribution in [0.1, 0.15) is 48.1 Å². The number of anilines is 1. The molecule has 7 nitrogen and oxygen atoms in total.